The third-order valence-electron chi connectivity index (χ3n) is 13.8. The number of amides is 1. The molecule has 44 heavy (non-hydrogen) atoms. The van der Waals surface area contributed by atoms with Gasteiger partial charge in [-0.3, -0.25) is 19.2 Å². The van der Waals surface area contributed by atoms with E-state index >= 15 is 0 Å². The number of aliphatic hydroxyl groups is 2. The number of nitrogens with zero attached hydrogens (tertiary/aromatic N) is 1. The second-order valence-electron chi connectivity index (χ2n) is 15.6. The minimum absolute atomic E-state index is 0.00320. The summed E-state index contributed by atoms with van der Waals surface area (Å²) in [5.41, 5.74) is -2.61. The molecule has 8 nitrogen and oxygen atoms in total. The van der Waals surface area contributed by atoms with Crippen molar-refractivity contribution in [1.82, 2.24) is 4.90 Å². The molecule has 9 rings (SSSR count). The number of aliphatic hydroxyl groups excluding tert-OH is 1. The van der Waals surface area contributed by atoms with Crippen molar-refractivity contribution in [1.29, 1.82) is 0 Å². The molecule has 2 bridgehead atoms. The van der Waals surface area contributed by atoms with E-state index in [4.69, 9.17) is 4.74 Å². The monoisotopic (exact) mass is 601 g/mol. The van der Waals surface area contributed by atoms with Crippen LogP contribution in [0.25, 0.3) is 0 Å². The SMILES string of the molecule is C=C1C2CCC3C45COC(O)(C(O)C4C(C)(C)CCC5=O)C34C(=O)C1(C(=O)C1CCN(C(=O)CCc3ccccc3)CC1)C24. The average molecular weight is 602 g/mol. The van der Waals surface area contributed by atoms with Gasteiger partial charge in [-0.25, -0.2) is 0 Å². The van der Waals surface area contributed by atoms with Crippen molar-refractivity contribution in [3.63, 3.8) is 0 Å². The number of Topliss-reactive ketones (excluding diaryl/α,β-unsaturated/α-hetero) is 3. The van der Waals surface area contributed by atoms with Crippen LogP contribution in [0.2, 0.25) is 0 Å². The number of ketones is 3. The Kier molecular flexibility index (Phi) is 5.87. The summed E-state index contributed by atoms with van der Waals surface area (Å²) in [7, 11) is 0. The van der Waals surface area contributed by atoms with Gasteiger partial charge in [0.2, 0.25) is 11.7 Å². The topological polar surface area (TPSA) is 121 Å². The molecular weight excluding hydrogens is 558 g/mol. The number of piperidine rings is 1. The molecule has 8 heteroatoms. The lowest BCUT2D eigenvalue weighted by Gasteiger charge is -2.84. The maximum absolute atomic E-state index is 14.9. The molecule has 1 aromatic rings. The molecule has 2 spiro atoms. The predicted molar refractivity (Wildman–Crippen MR) is 159 cm³/mol. The number of rotatable bonds is 5. The van der Waals surface area contributed by atoms with Crippen LogP contribution < -0.4 is 0 Å². The van der Waals surface area contributed by atoms with Gasteiger partial charge in [0.05, 0.1) is 17.4 Å². The molecule has 1 amide bonds. The molecule has 9 atom stereocenters. The first-order valence-electron chi connectivity index (χ1n) is 16.6. The van der Waals surface area contributed by atoms with Crippen molar-refractivity contribution in [2.45, 2.75) is 77.1 Å². The molecule has 3 heterocycles. The fourth-order valence-electron chi connectivity index (χ4n) is 12.0. The molecule has 0 radical (unpaired) electrons. The Bertz CT molecular complexity index is 1490. The zero-order valence-corrected chi connectivity index (χ0v) is 25.7. The van der Waals surface area contributed by atoms with Crippen molar-refractivity contribution < 1.29 is 34.1 Å². The normalized spacial score (nSPS) is 45.0. The average Bonchev–Trinajstić information content (AvgIpc) is 3.02. The Morgan fingerprint density at radius 2 is 1.75 bits per heavy atom. The van der Waals surface area contributed by atoms with Crippen LogP contribution >= 0.6 is 0 Å². The molecule has 5 aliphatic carbocycles. The maximum Gasteiger partial charge on any atom is 0.222 e. The number of carbonyl (C=O) groups excluding carboxylic acids is 4. The van der Waals surface area contributed by atoms with Gasteiger partial charge in [-0.2, -0.15) is 0 Å². The van der Waals surface area contributed by atoms with Crippen molar-refractivity contribution in [3.05, 3.63) is 48.0 Å². The van der Waals surface area contributed by atoms with Crippen molar-refractivity contribution >= 4 is 23.3 Å². The molecule has 8 fully saturated rings. The molecule has 8 aliphatic rings. The van der Waals surface area contributed by atoms with E-state index in [1.165, 1.54) is 0 Å². The highest BCUT2D eigenvalue weighted by atomic mass is 16.6. The number of hydrogen-bond donors (Lipinski definition) is 2. The predicted octanol–water partition coefficient (Wildman–Crippen LogP) is 3.28. The van der Waals surface area contributed by atoms with E-state index < -0.39 is 57.2 Å². The van der Waals surface area contributed by atoms with Gasteiger partial charge in [-0.1, -0.05) is 56.3 Å². The van der Waals surface area contributed by atoms with Crippen molar-refractivity contribution in [2.75, 3.05) is 19.7 Å². The lowest BCUT2D eigenvalue weighted by atomic mass is 9.18. The highest BCUT2D eigenvalue weighted by Crippen LogP contribution is 2.87. The van der Waals surface area contributed by atoms with Gasteiger partial charge in [-0.05, 0) is 61.3 Å². The lowest BCUT2D eigenvalue weighted by molar-refractivity contribution is -0.460. The Hall–Kier alpha value is -2.68. The number of allylic oxidation sites excluding steroid dienone is 1. The summed E-state index contributed by atoms with van der Waals surface area (Å²) in [6.07, 6.45) is 2.88. The molecule has 9 unspecified atom stereocenters. The number of aryl methyl sites for hydroxylation is 1. The van der Waals surface area contributed by atoms with E-state index in [0.29, 0.717) is 70.0 Å². The Balaban J connectivity index is 1.06. The number of carbonyl (C=O) groups is 4. The first-order chi connectivity index (χ1) is 20.9. The van der Waals surface area contributed by atoms with Crippen molar-refractivity contribution in [2.24, 2.45) is 51.2 Å². The molecular formula is C36H43NO7. The molecule has 5 saturated carbocycles. The molecule has 2 N–H and O–H groups in total. The molecule has 1 aromatic carbocycles. The summed E-state index contributed by atoms with van der Waals surface area (Å²) in [6, 6.07) is 9.90. The lowest BCUT2D eigenvalue weighted by Crippen LogP contribution is -2.95. The summed E-state index contributed by atoms with van der Waals surface area (Å²) in [5, 5.41) is 24.2. The van der Waals surface area contributed by atoms with Crippen LogP contribution in [0.4, 0.5) is 0 Å². The minimum atomic E-state index is -2.14. The van der Waals surface area contributed by atoms with Gasteiger partial charge in [0.25, 0.3) is 0 Å². The fraction of sp³-hybridized carbons (Fsp3) is 0.667. The molecule has 234 valence electrons. The summed E-state index contributed by atoms with van der Waals surface area (Å²) in [5.74, 6) is -4.63. The number of likely N-dealkylation sites (tertiary alicyclic amines) is 1. The van der Waals surface area contributed by atoms with E-state index in [1.807, 2.05) is 49.1 Å². The number of fused-ring (bicyclic) bond motifs is 1. The first kappa shape index (κ1) is 28.8. The van der Waals surface area contributed by atoms with Gasteiger partial charge < -0.3 is 19.8 Å². The van der Waals surface area contributed by atoms with Crippen LogP contribution in [0.5, 0.6) is 0 Å². The highest BCUT2D eigenvalue weighted by molar-refractivity contribution is 6.21. The molecule has 3 saturated heterocycles. The Morgan fingerprint density at radius 1 is 1.05 bits per heavy atom. The van der Waals surface area contributed by atoms with Gasteiger partial charge in [-0.15, -0.1) is 0 Å². The van der Waals surface area contributed by atoms with Crippen LogP contribution in [-0.2, 0) is 30.3 Å². The van der Waals surface area contributed by atoms with E-state index in [0.717, 1.165) is 5.56 Å². The second-order valence-corrected chi connectivity index (χ2v) is 15.6. The second kappa shape index (κ2) is 8.98. The van der Waals surface area contributed by atoms with Gasteiger partial charge in [0.15, 0.2) is 11.6 Å². The third-order valence-corrected chi connectivity index (χ3v) is 13.8. The smallest absolute Gasteiger partial charge is 0.222 e. The number of benzene rings is 1. The van der Waals surface area contributed by atoms with E-state index in [-0.39, 0.29) is 35.8 Å². The largest absolute Gasteiger partial charge is 0.387 e. The summed E-state index contributed by atoms with van der Waals surface area (Å²) < 4.78 is 6.11. The molecule has 3 aliphatic heterocycles. The summed E-state index contributed by atoms with van der Waals surface area (Å²) in [6.45, 7) is 9.30. The first-order valence-corrected chi connectivity index (χ1v) is 16.6. The third kappa shape index (κ3) is 2.97. The van der Waals surface area contributed by atoms with Crippen LogP contribution in [0.3, 0.4) is 0 Å². The number of ether oxygens (including phenoxy) is 1. The van der Waals surface area contributed by atoms with Crippen LogP contribution in [0.15, 0.2) is 42.5 Å². The summed E-state index contributed by atoms with van der Waals surface area (Å²) in [4.78, 5) is 58.1. The highest BCUT2D eigenvalue weighted by Gasteiger charge is 2.96. The van der Waals surface area contributed by atoms with E-state index in [9.17, 15) is 29.4 Å². The fourth-order valence-corrected chi connectivity index (χ4v) is 12.0. The van der Waals surface area contributed by atoms with Crippen LogP contribution in [-0.4, -0.2) is 70.0 Å². The van der Waals surface area contributed by atoms with E-state index in [2.05, 4.69) is 6.58 Å². The van der Waals surface area contributed by atoms with Crippen LogP contribution in [0.1, 0.15) is 64.4 Å². The van der Waals surface area contributed by atoms with E-state index in [1.54, 1.807) is 0 Å². The van der Waals surface area contributed by atoms with Gasteiger partial charge >= 0.3 is 0 Å². The quantitative estimate of drug-likeness (QED) is 0.393. The van der Waals surface area contributed by atoms with Gasteiger partial charge in [0.1, 0.15) is 17.3 Å². The minimum Gasteiger partial charge on any atom is -0.387 e. The van der Waals surface area contributed by atoms with Crippen LogP contribution in [0, 0.1) is 51.2 Å². The van der Waals surface area contributed by atoms with Crippen molar-refractivity contribution in [3.8, 4) is 0 Å². The van der Waals surface area contributed by atoms with Gasteiger partial charge in [0, 0.05) is 43.7 Å². The molecule has 0 aromatic heterocycles. The Morgan fingerprint density at radius 3 is 2.45 bits per heavy atom. The standard InChI is InChI=1S/C36H43NO7/c1-20-23-10-11-24-33-19-44-36(43,30(41)28(33)32(2,3)16-13-25(33)38)35(24)27(23)34(20,31(35)42)29(40)22-14-17-37(18-15-22)26(39)12-9-21-7-5-4-6-8-21/h4-8,22-24,27-28,30,41,43H,1,9-19H2,2-3H3. The zero-order valence-electron chi connectivity index (χ0n) is 25.7. The maximum atomic E-state index is 14.9. The zero-order chi connectivity index (χ0) is 31.0. The Labute approximate surface area is 258 Å². The number of hydrogen-bond acceptors (Lipinski definition) is 7. The summed E-state index contributed by atoms with van der Waals surface area (Å²) >= 11 is 0.